The lowest BCUT2D eigenvalue weighted by Gasteiger charge is -2.23. The van der Waals surface area contributed by atoms with Crippen LogP contribution in [0.1, 0.15) is 37.5 Å². The molecule has 0 aliphatic rings. The van der Waals surface area contributed by atoms with E-state index in [-0.39, 0.29) is 16.7 Å². The van der Waals surface area contributed by atoms with Gasteiger partial charge in [-0.15, -0.1) is 0 Å². The number of halogens is 1. The number of nitrogens with zero attached hydrogens (tertiary/aromatic N) is 2. The van der Waals surface area contributed by atoms with Crippen molar-refractivity contribution in [2.45, 2.75) is 44.9 Å². The van der Waals surface area contributed by atoms with E-state index in [1.54, 1.807) is 20.8 Å². The second-order valence-corrected chi connectivity index (χ2v) is 8.36. The minimum atomic E-state index is -4.41. The van der Waals surface area contributed by atoms with E-state index < -0.39 is 40.6 Å². The molecule has 0 radical (unpaired) electrons. The molecule has 0 aliphatic carbocycles. The van der Waals surface area contributed by atoms with Crippen LogP contribution >= 0.6 is 10.7 Å². The molecule has 1 aromatic rings. The molecule has 0 saturated heterocycles. The molecule has 0 heterocycles. The quantitative estimate of drug-likeness (QED) is 0.468. The van der Waals surface area contributed by atoms with Gasteiger partial charge in [-0.25, -0.2) is 8.42 Å². The highest BCUT2D eigenvalue weighted by atomic mass is 35.7. The zero-order chi connectivity index (χ0) is 17.6. The molecule has 1 aromatic carbocycles. The van der Waals surface area contributed by atoms with Crippen molar-refractivity contribution in [1.29, 1.82) is 0 Å². The summed E-state index contributed by atoms with van der Waals surface area (Å²) in [6, 6.07) is 0. The molecule has 0 aromatic heterocycles. The Kier molecular flexibility index (Phi) is 4.55. The fourth-order valence-corrected chi connectivity index (χ4v) is 4.17. The van der Waals surface area contributed by atoms with E-state index in [0.717, 1.165) is 0 Å². The SMILES string of the molecule is Cc1c([N+](=O)[O-])c(C)c(S(=O)(=O)Cl)c(C(C)(C)C)c1[N+](=O)[O-]. The van der Waals surface area contributed by atoms with E-state index in [9.17, 15) is 28.6 Å². The van der Waals surface area contributed by atoms with Crippen molar-refractivity contribution in [2.24, 2.45) is 0 Å². The van der Waals surface area contributed by atoms with Gasteiger partial charge >= 0.3 is 0 Å². The molecule has 0 unspecified atom stereocenters. The van der Waals surface area contributed by atoms with E-state index in [2.05, 4.69) is 0 Å². The van der Waals surface area contributed by atoms with Gasteiger partial charge in [0.2, 0.25) is 0 Å². The minimum Gasteiger partial charge on any atom is -0.258 e. The summed E-state index contributed by atoms with van der Waals surface area (Å²) in [7, 11) is 0.995. The second-order valence-electron chi connectivity index (χ2n) is 5.85. The number of hydrogen-bond donors (Lipinski definition) is 0. The predicted octanol–water partition coefficient (Wildman–Crippen LogP) is 3.34. The Morgan fingerprint density at radius 2 is 1.36 bits per heavy atom. The van der Waals surface area contributed by atoms with Crippen LogP contribution in [0.3, 0.4) is 0 Å². The molecule has 10 heteroatoms. The molecule has 0 spiro atoms. The highest BCUT2D eigenvalue weighted by molar-refractivity contribution is 8.13. The molecule has 0 aliphatic heterocycles. The van der Waals surface area contributed by atoms with Crippen LogP contribution in [0.25, 0.3) is 0 Å². The molecule has 0 fully saturated rings. The Morgan fingerprint density at radius 3 is 1.64 bits per heavy atom. The highest BCUT2D eigenvalue weighted by Gasteiger charge is 2.41. The smallest absolute Gasteiger partial charge is 0.258 e. The normalized spacial score (nSPS) is 12.3. The van der Waals surface area contributed by atoms with Gasteiger partial charge in [-0.05, 0) is 19.3 Å². The summed E-state index contributed by atoms with van der Waals surface area (Å²) in [5, 5.41) is 22.6. The first kappa shape index (κ1) is 18.3. The molecule has 122 valence electrons. The number of rotatable bonds is 3. The molecule has 0 saturated carbocycles. The molecular weight excluding hydrogens is 336 g/mol. The third kappa shape index (κ3) is 3.05. The largest absolute Gasteiger partial charge is 0.284 e. The van der Waals surface area contributed by atoms with Crippen molar-refractivity contribution >= 4 is 31.1 Å². The minimum absolute atomic E-state index is 0.131. The summed E-state index contributed by atoms with van der Waals surface area (Å²) in [6.07, 6.45) is 0. The van der Waals surface area contributed by atoms with Gasteiger partial charge in [0.15, 0.2) is 0 Å². The Bertz CT molecular complexity index is 780. The van der Waals surface area contributed by atoms with E-state index in [1.807, 2.05) is 0 Å². The summed E-state index contributed by atoms with van der Waals surface area (Å²) in [5.41, 5.74) is -2.68. The average Bonchev–Trinajstić information content (AvgIpc) is 2.23. The van der Waals surface area contributed by atoms with Crippen LogP contribution in [0, 0.1) is 34.1 Å². The summed E-state index contributed by atoms with van der Waals surface area (Å²) in [5.74, 6) is 0. The Balaban J connectivity index is 4.32. The third-order valence-electron chi connectivity index (χ3n) is 3.23. The fourth-order valence-electron chi connectivity index (χ4n) is 2.49. The molecule has 0 amide bonds. The van der Waals surface area contributed by atoms with Crippen molar-refractivity contribution in [3.8, 4) is 0 Å². The monoisotopic (exact) mass is 350 g/mol. The van der Waals surface area contributed by atoms with Crippen LogP contribution in [0.15, 0.2) is 4.90 Å². The zero-order valence-electron chi connectivity index (χ0n) is 12.6. The lowest BCUT2D eigenvalue weighted by atomic mass is 9.83. The number of benzene rings is 1. The van der Waals surface area contributed by atoms with Crippen LogP contribution in [0.5, 0.6) is 0 Å². The van der Waals surface area contributed by atoms with Crippen molar-refractivity contribution in [2.75, 3.05) is 0 Å². The Morgan fingerprint density at radius 1 is 0.955 bits per heavy atom. The Labute approximate surface area is 131 Å². The van der Waals surface area contributed by atoms with Crippen LogP contribution in [-0.2, 0) is 14.5 Å². The first-order valence-electron chi connectivity index (χ1n) is 6.12. The van der Waals surface area contributed by atoms with Gasteiger partial charge in [-0.2, -0.15) is 0 Å². The summed E-state index contributed by atoms with van der Waals surface area (Å²) in [4.78, 5) is 20.4. The van der Waals surface area contributed by atoms with Crippen molar-refractivity contribution in [1.82, 2.24) is 0 Å². The van der Waals surface area contributed by atoms with Gasteiger partial charge in [0.05, 0.1) is 15.4 Å². The van der Waals surface area contributed by atoms with Crippen LogP contribution in [0.2, 0.25) is 0 Å². The topological polar surface area (TPSA) is 120 Å². The maximum atomic E-state index is 11.9. The lowest BCUT2D eigenvalue weighted by Crippen LogP contribution is -2.21. The first-order valence-corrected chi connectivity index (χ1v) is 8.43. The van der Waals surface area contributed by atoms with Crippen molar-refractivity contribution < 1.29 is 18.3 Å². The fraction of sp³-hybridized carbons (Fsp3) is 0.500. The van der Waals surface area contributed by atoms with Crippen LogP contribution in [0.4, 0.5) is 11.4 Å². The number of hydrogen-bond acceptors (Lipinski definition) is 6. The van der Waals surface area contributed by atoms with E-state index in [1.165, 1.54) is 13.8 Å². The summed E-state index contributed by atoms with van der Waals surface area (Å²) < 4.78 is 23.8. The van der Waals surface area contributed by atoms with Gasteiger partial charge in [0.25, 0.3) is 20.4 Å². The van der Waals surface area contributed by atoms with E-state index >= 15 is 0 Å². The van der Waals surface area contributed by atoms with Gasteiger partial charge < -0.3 is 0 Å². The molecule has 22 heavy (non-hydrogen) atoms. The molecule has 0 N–H and O–H groups in total. The molecule has 0 bridgehead atoms. The van der Waals surface area contributed by atoms with Crippen LogP contribution < -0.4 is 0 Å². The zero-order valence-corrected chi connectivity index (χ0v) is 14.2. The third-order valence-corrected chi connectivity index (χ3v) is 4.69. The molecule has 0 atom stereocenters. The maximum Gasteiger partial charge on any atom is 0.284 e. The molecule has 8 nitrogen and oxygen atoms in total. The van der Waals surface area contributed by atoms with Gasteiger partial charge in [-0.3, -0.25) is 20.2 Å². The lowest BCUT2D eigenvalue weighted by molar-refractivity contribution is -0.396. The van der Waals surface area contributed by atoms with Crippen molar-refractivity contribution in [3.63, 3.8) is 0 Å². The predicted molar refractivity (Wildman–Crippen MR) is 81.0 cm³/mol. The van der Waals surface area contributed by atoms with Gasteiger partial charge in [-0.1, -0.05) is 20.8 Å². The summed E-state index contributed by atoms with van der Waals surface area (Å²) >= 11 is 0. The summed E-state index contributed by atoms with van der Waals surface area (Å²) in [6.45, 7) is 7.17. The number of nitro groups is 2. The van der Waals surface area contributed by atoms with E-state index in [4.69, 9.17) is 10.7 Å². The second kappa shape index (κ2) is 5.47. The van der Waals surface area contributed by atoms with Crippen molar-refractivity contribution in [3.05, 3.63) is 36.9 Å². The standard InChI is InChI=1S/C12H15ClN2O6S/c1-6-9(14(16)17)7(2)11(22(13,20)21)8(12(3,4)5)10(6)15(18)19/h1-5H3. The molecule has 1 rings (SSSR count). The molecular formula is C12H15ClN2O6S. The van der Waals surface area contributed by atoms with Crippen LogP contribution in [-0.4, -0.2) is 18.3 Å². The van der Waals surface area contributed by atoms with E-state index in [0.29, 0.717) is 0 Å². The van der Waals surface area contributed by atoms with Gasteiger partial charge in [0.1, 0.15) is 10.5 Å². The Hall–Kier alpha value is -1.74. The van der Waals surface area contributed by atoms with Gasteiger partial charge in [0, 0.05) is 16.2 Å². The number of nitro benzene ring substituents is 2. The first-order chi connectivity index (χ1) is 9.71. The highest BCUT2D eigenvalue weighted by Crippen LogP contribution is 2.46. The maximum absolute atomic E-state index is 11.9. The average molecular weight is 351 g/mol.